The Kier molecular flexibility index (Phi) is 5.64. The average molecular weight is 359 g/mol. The van der Waals surface area contributed by atoms with Gasteiger partial charge in [0.25, 0.3) is 0 Å². The average Bonchev–Trinajstić information content (AvgIpc) is 2.90. The van der Waals surface area contributed by atoms with E-state index < -0.39 is 12.2 Å². The Hall–Kier alpha value is -2.30. The van der Waals surface area contributed by atoms with Crippen molar-refractivity contribution >= 4 is 6.09 Å². The van der Waals surface area contributed by atoms with Gasteiger partial charge in [-0.2, -0.15) is 5.26 Å². The van der Waals surface area contributed by atoms with E-state index in [0.29, 0.717) is 29.7 Å². The fourth-order valence-corrected chi connectivity index (χ4v) is 4.37. The summed E-state index contributed by atoms with van der Waals surface area (Å²) in [6.45, 7) is 2.34. The summed E-state index contributed by atoms with van der Waals surface area (Å²) in [6, 6.07) is 8.96. The lowest BCUT2D eigenvalue weighted by molar-refractivity contribution is 0.0209. The van der Waals surface area contributed by atoms with Crippen LogP contribution in [0.5, 0.6) is 5.75 Å². The van der Waals surface area contributed by atoms with Crippen molar-refractivity contribution in [1.29, 1.82) is 5.26 Å². The van der Waals surface area contributed by atoms with Gasteiger partial charge in [-0.1, -0.05) is 0 Å². The lowest BCUT2D eigenvalue weighted by Gasteiger charge is -2.41. The Labute approximate surface area is 153 Å². The molecule has 26 heavy (non-hydrogen) atoms. The number of piperidine rings is 1. The van der Waals surface area contributed by atoms with Gasteiger partial charge in [-0.05, 0) is 48.9 Å². The molecule has 1 amide bonds. The normalized spacial score (nSPS) is 26.1. The van der Waals surface area contributed by atoms with Crippen LogP contribution in [0.15, 0.2) is 24.3 Å². The summed E-state index contributed by atoms with van der Waals surface area (Å²) in [5.41, 5.74) is 0.572. The first-order valence-electron chi connectivity index (χ1n) is 8.97. The van der Waals surface area contributed by atoms with Crippen LogP contribution in [-0.2, 0) is 0 Å². The van der Waals surface area contributed by atoms with Crippen LogP contribution in [0.25, 0.3) is 0 Å². The lowest BCUT2D eigenvalue weighted by Crippen LogP contribution is -2.54. The summed E-state index contributed by atoms with van der Waals surface area (Å²) >= 11 is 0. The van der Waals surface area contributed by atoms with Crippen LogP contribution in [0.3, 0.4) is 0 Å². The van der Waals surface area contributed by atoms with Gasteiger partial charge in [0.05, 0.1) is 11.6 Å². The number of carboxylic acid groups (broad SMARTS) is 1. The smallest absolute Gasteiger partial charge is 0.407 e. The van der Waals surface area contributed by atoms with Crippen LogP contribution in [0.2, 0.25) is 0 Å². The van der Waals surface area contributed by atoms with E-state index >= 15 is 0 Å². The maximum atomic E-state index is 11.3. The molecule has 1 saturated heterocycles. The number of rotatable bonds is 6. The minimum absolute atomic E-state index is 0.0933. The van der Waals surface area contributed by atoms with E-state index in [1.54, 1.807) is 31.3 Å². The van der Waals surface area contributed by atoms with E-state index in [9.17, 15) is 15.0 Å². The number of hydrogen-bond acceptors (Lipinski definition) is 5. The molecule has 1 aliphatic carbocycles. The van der Waals surface area contributed by atoms with Crippen molar-refractivity contribution in [2.24, 2.45) is 11.8 Å². The predicted octanol–water partition coefficient (Wildman–Crippen LogP) is 1.62. The number of aliphatic hydroxyl groups excluding tert-OH is 1. The standard InChI is InChI=1S/C19H25N3O4/c1-21(19(24)25)18-14-4-5-15(18)10-22(9-14)11-16(23)12-26-17-6-2-13(8-20)3-7-17/h2-3,6-7,14-16,18,23H,4-5,9-12H2,1H3,(H,24,25). The van der Waals surface area contributed by atoms with Gasteiger partial charge in [-0.15, -0.1) is 0 Å². The molecular weight excluding hydrogens is 334 g/mol. The van der Waals surface area contributed by atoms with Crippen LogP contribution in [-0.4, -0.2) is 71.5 Å². The van der Waals surface area contributed by atoms with E-state index in [2.05, 4.69) is 11.0 Å². The van der Waals surface area contributed by atoms with Crippen molar-refractivity contribution < 1.29 is 19.7 Å². The predicted molar refractivity (Wildman–Crippen MR) is 94.9 cm³/mol. The third-order valence-electron chi connectivity index (χ3n) is 5.50. The zero-order chi connectivity index (χ0) is 18.7. The molecule has 7 heteroatoms. The number of β-amino-alcohol motifs (C(OH)–C–C–N with tert-alkyl or cyclic N) is 1. The molecule has 2 fully saturated rings. The van der Waals surface area contributed by atoms with E-state index in [0.717, 1.165) is 25.9 Å². The highest BCUT2D eigenvalue weighted by Crippen LogP contribution is 2.39. The third kappa shape index (κ3) is 4.09. The summed E-state index contributed by atoms with van der Waals surface area (Å²) in [5.74, 6) is 1.30. The topological polar surface area (TPSA) is 97.0 Å². The maximum absolute atomic E-state index is 11.3. The minimum atomic E-state index is -0.865. The van der Waals surface area contributed by atoms with Gasteiger partial charge in [-0.25, -0.2) is 4.79 Å². The Morgan fingerprint density at radius 1 is 1.35 bits per heavy atom. The van der Waals surface area contributed by atoms with Crippen molar-refractivity contribution in [3.05, 3.63) is 29.8 Å². The van der Waals surface area contributed by atoms with Crippen molar-refractivity contribution in [2.75, 3.05) is 33.3 Å². The van der Waals surface area contributed by atoms with E-state index in [-0.39, 0.29) is 12.6 Å². The summed E-state index contributed by atoms with van der Waals surface area (Å²) in [5, 5.41) is 28.3. The van der Waals surface area contributed by atoms with E-state index in [1.807, 2.05) is 0 Å². The molecule has 3 unspecified atom stereocenters. The molecule has 7 nitrogen and oxygen atoms in total. The van der Waals surface area contributed by atoms with Crippen LogP contribution < -0.4 is 4.74 Å². The zero-order valence-corrected chi connectivity index (χ0v) is 14.9. The molecule has 1 aromatic carbocycles. The van der Waals surface area contributed by atoms with Gasteiger partial charge in [0.15, 0.2) is 0 Å². The molecule has 3 rings (SSSR count). The number of amides is 1. The number of fused-ring (bicyclic) bond motifs is 2. The SMILES string of the molecule is CN(C(=O)O)C1C2CCC1CN(CC(O)COc1ccc(C#N)cc1)C2. The summed E-state index contributed by atoms with van der Waals surface area (Å²) in [6.07, 6.45) is 0.609. The van der Waals surface area contributed by atoms with Gasteiger partial charge in [-0.3, -0.25) is 4.90 Å². The molecule has 2 bridgehead atoms. The van der Waals surface area contributed by atoms with E-state index in [4.69, 9.17) is 10.00 Å². The van der Waals surface area contributed by atoms with Gasteiger partial charge in [0, 0.05) is 32.7 Å². The van der Waals surface area contributed by atoms with Crippen LogP contribution >= 0.6 is 0 Å². The Bertz CT molecular complexity index is 658. The highest BCUT2D eigenvalue weighted by molar-refractivity contribution is 5.65. The molecule has 2 aliphatic rings. The Balaban J connectivity index is 1.48. The molecule has 0 radical (unpaired) electrons. The highest BCUT2D eigenvalue weighted by Gasteiger charge is 2.45. The van der Waals surface area contributed by atoms with Gasteiger partial charge < -0.3 is 19.8 Å². The van der Waals surface area contributed by atoms with Crippen molar-refractivity contribution in [1.82, 2.24) is 9.80 Å². The fraction of sp³-hybridized carbons (Fsp3) is 0.579. The molecule has 3 atom stereocenters. The maximum Gasteiger partial charge on any atom is 0.407 e. The van der Waals surface area contributed by atoms with Crippen molar-refractivity contribution in [2.45, 2.75) is 25.0 Å². The van der Waals surface area contributed by atoms with Crippen LogP contribution in [0.1, 0.15) is 18.4 Å². The third-order valence-corrected chi connectivity index (χ3v) is 5.50. The summed E-state index contributed by atoms with van der Waals surface area (Å²) in [7, 11) is 1.66. The number of nitrogens with zero attached hydrogens (tertiary/aromatic N) is 3. The summed E-state index contributed by atoms with van der Waals surface area (Å²) in [4.78, 5) is 15.0. The first kappa shape index (κ1) is 18.5. The second-order valence-corrected chi connectivity index (χ2v) is 7.30. The van der Waals surface area contributed by atoms with E-state index in [1.165, 1.54) is 4.90 Å². The second kappa shape index (κ2) is 7.94. The number of hydrogen-bond donors (Lipinski definition) is 2. The molecule has 0 spiro atoms. The second-order valence-electron chi connectivity index (χ2n) is 7.30. The molecule has 1 heterocycles. The first-order chi connectivity index (χ1) is 12.5. The highest BCUT2D eigenvalue weighted by atomic mass is 16.5. The fourth-order valence-electron chi connectivity index (χ4n) is 4.37. The van der Waals surface area contributed by atoms with Gasteiger partial charge in [0.1, 0.15) is 18.5 Å². The first-order valence-corrected chi connectivity index (χ1v) is 8.97. The van der Waals surface area contributed by atoms with Gasteiger partial charge >= 0.3 is 6.09 Å². The zero-order valence-electron chi connectivity index (χ0n) is 14.9. The van der Waals surface area contributed by atoms with Crippen molar-refractivity contribution in [3.8, 4) is 11.8 Å². The summed E-state index contributed by atoms with van der Waals surface area (Å²) < 4.78 is 5.60. The number of benzene rings is 1. The monoisotopic (exact) mass is 359 g/mol. The number of aliphatic hydroxyl groups is 1. The molecule has 140 valence electrons. The number of carbonyl (C=O) groups is 1. The van der Waals surface area contributed by atoms with Crippen molar-refractivity contribution in [3.63, 3.8) is 0 Å². The lowest BCUT2D eigenvalue weighted by atomic mass is 9.91. The van der Waals surface area contributed by atoms with Crippen LogP contribution in [0.4, 0.5) is 4.79 Å². The van der Waals surface area contributed by atoms with Gasteiger partial charge in [0.2, 0.25) is 0 Å². The van der Waals surface area contributed by atoms with Crippen LogP contribution in [0, 0.1) is 23.2 Å². The molecule has 0 aromatic heterocycles. The Morgan fingerprint density at radius 3 is 2.50 bits per heavy atom. The molecule has 1 saturated carbocycles. The quantitative estimate of drug-likeness (QED) is 0.801. The molecule has 1 aliphatic heterocycles. The number of ether oxygens (including phenoxy) is 1. The largest absolute Gasteiger partial charge is 0.491 e. The molecular formula is C19H25N3O4. The minimum Gasteiger partial charge on any atom is -0.491 e. The molecule has 2 N–H and O–H groups in total. The Morgan fingerprint density at radius 2 is 1.96 bits per heavy atom. The number of likely N-dealkylation sites (tertiary alicyclic amines) is 1. The number of nitriles is 1. The molecule has 1 aromatic rings.